The van der Waals surface area contributed by atoms with E-state index in [0.29, 0.717) is 15.8 Å². The van der Waals surface area contributed by atoms with Crippen molar-refractivity contribution in [3.8, 4) is 11.3 Å². The van der Waals surface area contributed by atoms with Gasteiger partial charge in [0.1, 0.15) is 0 Å². The Labute approximate surface area is 137 Å². The molecule has 4 nitrogen and oxygen atoms in total. The molecule has 0 amide bonds. The molecule has 6 heteroatoms. The minimum atomic E-state index is 0.687. The maximum atomic E-state index is 5.99. The number of rotatable bonds is 4. The zero-order chi connectivity index (χ0) is 15.4. The average Bonchev–Trinajstić information content (AvgIpc) is 2.98. The summed E-state index contributed by atoms with van der Waals surface area (Å²) < 4.78 is 0. The third-order valence-corrected chi connectivity index (χ3v) is 3.97. The van der Waals surface area contributed by atoms with Crippen LogP contribution in [0.5, 0.6) is 0 Å². The number of benzene rings is 2. The van der Waals surface area contributed by atoms with Crippen LogP contribution in [0.3, 0.4) is 0 Å². The third kappa shape index (κ3) is 3.44. The smallest absolute Gasteiger partial charge is 0.203 e. The quantitative estimate of drug-likeness (QED) is 0.421. The number of nitrogens with two attached hydrogens (primary N) is 1. The van der Waals surface area contributed by atoms with Crippen molar-refractivity contribution >= 4 is 40.0 Å². The number of nitrogens with one attached hydrogen (secondary N) is 1. The lowest BCUT2D eigenvalue weighted by atomic mass is 10.2. The predicted octanol–water partition coefficient (Wildman–Crippen LogP) is 4.49. The molecule has 22 heavy (non-hydrogen) atoms. The highest BCUT2D eigenvalue weighted by atomic mass is 35.5. The van der Waals surface area contributed by atoms with Crippen LogP contribution in [0, 0.1) is 0 Å². The summed E-state index contributed by atoms with van der Waals surface area (Å²) in [6.07, 6.45) is 1.68. The molecule has 110 valence electrons. The first-order chi connectivity index (χ1) is 10.7. The van der Waals surface area contributed by atoms with Gasteiger partial charge in [0.25, 0.3) is 0 Å². The number of hydrogen-bond acceptors (Lipinski definition) is 5. The number of nitrogen functional groups attached to an aromatic ring is 1. The van der Waals surface area contributed by atoms with Crippen molar-refractivity contribution in [1.82, 2.24) is 4.98 Å². The molecule has 0 unspecified atom stereocenters. The van der Waals surface area contributed by atoms with Crippen LogP contribution in [0.1, 0.15) is 5.56 Å². The highest BCUT2D eigenvalue weighted by molar-refractivity contribution is 7.14. The third-order valence-electron chi connectivity index (χ3n) is 2.98. The zero-order valence-corrected chi connectivity index (χ0v) is 13.1. The molecule has 0 aliphatic carbocycles. The molecule has 0 fully saturated rings. The van der Waals surface area contributed by atoms with Gasteiger partial charge in [-0.25, -0.2) is 4.98 Å². The Morgan fingerprint density at radius 3 is 2.86 bits per heavy atom. The lowest BCUT2D eigenvalue weighted by Crippen LogP contribution is -1.94. The molecule has 0 saturated heterocycles. The number of para-hydroxylation sites is 1. The van der Waals surface area contributed by atoms with Gasteiger partial charge in [-0.15, -0.1) is 11.3 Å². The van der Waals surface area contributed by atoms with Gasteiger partial charge in [0.05, 0.1) is 11.9 Å². The summed E-state index contributed by atoms with van der Waals surface area (Å²) in [6.45, 7) is 0. The molecule has 0 radical (unpaired) electrons. The van der Waals surface area contributed by atoms with Crippen molar-refractivity contribution in [3.63, 3.8) is 0 Å². The molecule has 3 N–H and O–H groups in total. The van der Waals surface area contributed by atoms with Crippen molar-refractivity contribution in [2.45, 2.75) is 0 Å². The average molecular weight is 329 g/mol. The van der Waals surface area contributed by atoms with Crippen LogP contribution in [0.25, 0.3) is 11.3 Å². The molecule has 0 spiro atoms. The van der Waals surface area contributed by atoms with E-state index < -0.39 is 0 Å². The van der Waals surface area contributed by atoms with Gasteiger partial charge in [0.2, 0.25) is 5.13 Å². The first kappa shape index (κ1) is 14.6. The van der Waals surface area contributed by atoms with Crippen LogP contribution in [0.15, 0.2) is 59.0 Å². The molecule has 3 rings (SSSR count). The molecular formula is C16H13ClN4S. The molecule has 0 aliphatic heterocycles. The highest BCUT2D eigenvalue weighted by Crippen LogP contribution is 2.26. The highest BCUT2D eigenvalue weighted by Gasteiger charge is 2.04. The number of hydrogen-bond donors (Lipinski definition) is 2. The predicted molar refractivity (Wildman–Crippen MR) is 94.6 cm³/mol. The van der Waals surface area contributed by atoms with Crippen molar-refractivity contribution < 1.29 is 0 Å². The summed E-state index contributed by atoms with van der Waals surface area (Å²) in [5.41, 5.74) is 12.2. The first-order valence-electron chi connectivity index (χ1n) is 6.57. The summed E-state index contributed by atoms with van der Waals surface area (Å²) in [7, 11) is 0. The molecule has 1 heterocycles. The zero-order valence-electron chi connectivity index (χ0n) is 11.5. The van der Waals surface area contributed by atoms with Crippen LogP contribution >= 0.6 is 22.9 Å². The van der Waals surface area contributed by atoms with E-state index in [0.717, 1.165) is 16.8 Å². The van der Waals surface area contributed by atoms with Gasteiger partial charge in [-0.1, -0.05) is 41.9 Å². The Bertz CT molecular complexity index is 813. The summed E-state index contributed by atoms with van der Waals surface area (Å²) in [4.78, 5) is 4.48. The second-order valence-corrected chi connectivity index (χ2v) is 5.84. The van der Waals surface area contributed by atoms with E-state index in [4.69, 9.17) is 17.3 Å². The fourth-order valence-electron chi connectivity index (χ4n) is 1.89. The lowest BCUT2D eigenvalue weighted by molar-refractivity contribution is 1.29. The van der Waals surface area contributed by atoms with E-state index in [9.17, 15) is 0 Å². The van der Waals surface area contributed by atoms with Crippen LogP contribution < -0.4 is 11.2 Å². The Morgan fingerprint density at radius 2 is 2.05 bits per heavy atom. The SMILES string of the molecule is Nc1ccccc1C=NNc1nc(-c2cccc(Cl)c2)cs1. The molecule has 0 atom stereocenters. The standard InChI is InChI=1S/C16H13ClN4S/c17-13-6-3-5-11(8-13)15-10-22-16(20-15)21-19-9-12-4-1-2-7-14(12)18/h1-10H,18H2,(H,20,21). The number of hydrazone groups is 1. The van der Waals surface area contributed by atoms with Gasteiger partial charge < -0.3 is 5.73 Å². The van der Waals surface area contributed by atoms with Gasteiger partial charge in [0.15, 0.2) is 0 Å². The first-order valence-corrected chi connectivity index (χ1v) is 7.83. The van der Waals surface area contributed by atoms with Gasteiger partial charge in [-0.3, -0.25) is 5.43 Å². The number of anilines is 2. The Hall–Kier alpha value is -2.37. The summed E-state index contributed by atoms with van der Waals surface area (Å²) in [6, 6.07) is 15.1. The van der Waals surface area contributed by atoms with Crippen molar-refractivity contribution in [1.29, 1.82) is 0 Å². The minimum Gasteiger partial charge on any atom is -0.398 e. The summed E-state index contributed by atoms with van der Waals surface area (Å²) >= 11 is 7.47. The maximum absolute atomic E-state index is 5.99. The fraction of sp³-hybridized carbons (Fsp3) is 0. The lowest BCUT2D eigenvalue weighted by Gasteiger charge is -1.98. The van der Waals surface area contributed by atoms with Gasteiger partial charge >= 0.3 is 0 Å². The van der Waals surface area contributed by atoms with E-state index in [1.807, 2.05) is 53.9 Å². The molecule has 1 aromatic heterocycles. The van der Waals surface area contributed by atoms with E-state index in [2.05, 4.69) is 15.5 Å². The number of nitrogens with zero attached hydrogens (tertiary/aromatic N) is 2. The number of thiazole rings is 1. The van der Waals surface area contributed by atoms with Crippen molar-refractivity contribution in [2.24, 2.45) is 5.10 Å². The van der Waals surface area contributed by atoms with E-state index >= 15 is 0 Å². The van der Waals surface area contributed by atoms with E-state index in [1.165, 1.54) is 11.3 Å². The second-order valence-electron chi connectivity index (χ2n) is 4.55. The monoisotopic (exact) mass is 328 g/mol. The van der Waals surface area contributed by atoms with Crippen molar-refractivity contribution in [3.05, 3.63) is 64.5 Å². The molecule has 3 aromatic rings. The fourth-order valence-corrected chi connectivity index (χ4v) is 2.75. The maximum Gasteiger partial charge on any atom is 0.203 e. The van der Waals surface area contributed by atoms with Gasteiger partial charge in [-0.05, 0) is 18.2 Å². The molecular weight excluding hydrogens is 316 g/mol. The summed E-state index contributed by atoms with van der Waals surface area (Å²) in [5, 5.41) is 7.52. The normalized spacial score (nSPS) is 11.0. The van der Waals surface area contributed by atoms with Crippen LogP contribution in [0.2, 0.25) is 5.02 Å². The number of halogens is 1. The van der Waals surface area contributed by atoms with Gasteiger partial charge in [-0.2, -0.15) is 5.10 Å². The number of aromatic nitrogens is 1. The van der Waals surface area contributed by atoms with E-state index in [1.54, 1.807) is 6.21 Å². The molecule has 0 aliphatic rings. The molecule has 0 saturated carbocycles. The second kappa shape index (κ2) is 6.60. The van der Waals surface area contributed by atoms with Crippen LogP contribution in [0.4, 0.5) is 10.8 Å². The summed E-state index contributed by atoms with van der Waals surface area (Å²) in [5.74, 6) is 0. The minimum absolute atomic E-state index is 0.687. The van der Waals surface area contributed by atoms with Gasteiger partial charge in [0, 0.05) is 27.2 Å². The Kier molecular flexibility index (Phi) is 4.37. The van der Waals surface area contributed by atoms with Crippen LogP contribution in [-0.2, 0) is 0 Å². The molecule has 0 bridgehead atoms. The van der Waals surface area contributed by atoms with Crippen molar-refractivity contribution in [2.75, 3.05) is 11.2 Å². The molecule has 2 aromatic carbocycles. The Balaban J connectivity index is 1.71. The Morgan fingerprint density at radius 1 is 1.18 bits per heavy atom. The topological polar surface area (TPSA) is 63.3 Å². The van der Waals surface area contributed by atoms with E-state index in [-0.39, 0.29) is 0 Å². The van der Waals surface area contributed by atoms with Crippen LogP contribution in [-0.4, -0.2) is 11.2 Å². The largest absolute Gasteiger partial charge is 0.398 e.